The lowest BCUT2D eigenvalue weighted by atomic mass is 9.67. The molecule has 0 amide bonds. The second-order valence-electron chi connectivity index (χ2n) is 7.68. The van der Waals surface area contributed by atoms with Gasteiger partial charge in [-0.15, -0.1) is 0 Å². The third-order valence-electron chi connectivity index (χ3n) is 6.23. The maximum atomic E-state index is 13.1. The highest BCUT2D eigenvalue weighted by atomic mass is 32.2. The van der Waals surface area contributed by atoms with Gasteiger partial charge >= 0.3 is 0 Å². The lowest BCUT2D eigenvalue weighted by Gasteiger charge is -2.38. The minimum Gasteiger partial charge on any atom is -0.312 e. The van der Waals surface area contributed by atoms with Gasteiger partial charge in [-0.3, -0.25) is 0 Å². The molecule has 1 heterocycles. The summed E-state index contributed by atoms with van der Waals surface area (Å²) >= 11 is 0. The second-order valence-corrected chi connectivity index (χ2v) is 9.85. The van der Waals surface area contributed by atoms with Crippen molar-refractivity contribution < 1.29 is 8.42 Å². The quantitative estimate of drug-likeness (QED) is 0.911. The molecular formula is C18H25NO2S. The van der Waals surface area contributed by atoms with Gasteiger partial charge in [0, 0.05) is 6.54 Å². The van der Waals surface area contributed by atoms with Crippen LogP contribution in [0.5, 0.6) is 0 Å². The van der Waals surface area contributed by atoms with Crippen LogP contribution in [0, 0.1) is 11.3 Å². The van der Waals surface area contributed by atoms with E-state index < -0.39 is 9.84 Å². The van der Waals surface area contributed by atoms with E-state index in [1.807, 2.05) is 18.2 Å². The molecule has 1 aromatic rings. The standard InChI is InChI=1S/C18H25NO2S/c1-13-10-18(6-2-7-18)11-17(13)22(20,21)16-4-3-14-5-8-19-12-15(14)9-16/h3-4,9,13,17,19H,2,5-8,10-12H2,1H3. The molecule has 0 radical (unpaired) electrons. The van der Waals surface area contributed by atoms with Gasteiger partial charge in [0.15, 0.2) is 9.84 Å². The minimum absolute atomic E-state index is 0.178. The van der Waals surface area contributed by atoms with Crippen LogP contribution < -0.4 is 5.32 Å². The van der Waals surface area contributed by atoms with Crippen molar-refractivity contribution in [1.29, 1.82) is 0 Å². The van der Waals surface area contributed by atoms with Crippen molar-refractivity contribution in [2.24, 2.45) is 11.3 Å². The molecule has 0 saturated heterocycles. The molecule has 2 aliphatic carbocycles. The van der Waals surface area contributed by atoms with E-state index in [-0.39, 0.29) is 5.25 Å². The Labute approximate surface area is 133 Å². The van der Waals surface area contributed by atoms with Crippen LogP contribution in [0.15, 0.2) is 23.1 Å². The monoisotopic (exact) mass is 319 g/mol. The predicted molar refractivity (Wildman–Crippen MR) is 87.5 cm³/mol. The Bertz CT molecular complexity index is 691. The van der Waals surface area contributed by atoms with Crippen molar-refractivity contribution in [2.75, 3.05) is 6.54 Å². The van der Waals surface area contributed by atoms with Gasteiger partial charge in [0.25, 0.3) is 0 Å². The Morgan fingerprint density at radius 3 is 2.68 bits per heavy atom. The number of rotatable bonds is 2. The van der Waals surface area contributed by atoms with Crippen molar-refractivity contribution in [1.82, 2.24) is 5.32 Å². The summed E-state index contributed by atoms with van der Waals surface area (Å²) in [6.07, 6.45) is 6.73. The number of fused-ring (bicyclic) bond motifs is 1. The third-order valence-corrected chi connectivity index (χ3v) is 8.57. The summed E-state index contributed by atoms with van der Waals surface area (Å²) in [4.78, 5) is 0.545. The van der Waals surface area contributed by atoms with Gasteiger partial charge in [-0.25, -0.2) is 8.42 Å². The van der Waals surface area contributed by atoms with Crippen molar-refractivity contribution in [3.05, 3.63) is 29.3 Å². The van der Waals surface area contributed by atoms with Gasteiger partial charge in [-0.2, -0.15) is 0 Å². The molecule has 1 aromatic carbocycles. The number of hydrogen-bond donors (Lipinski definition) is 1. The Kier molecular flexibility index (Phi) is 3.39. The molecule has 3 aliphatic rings. The smallest absolute Gasteiger partial charge is 0.181 e. The van der Waals surface area contributed by atoms with E-state index in [4.69, 9.17) is 0 Å². The molecule has 2 saturated carbocycles. The van der Waals surface area contributed by atoms with E-state index in [0.29, 0.717) is 16.2 Å². The van der Waals surface area contributed by atoms with Crippen LogP contribution in [0.3, 0.4) is 0 Å². The first-order valence-corrected chi connectivity index (χ1v) is 10.1. The highest BCUT2D eigenvalue weighted by molar-refractivity contribution is 7.92. The van der Waals surface area contributed by atoms with Gasteiger partial charge in [-0.05, 0) is 73.2 Å². The fourth-order valence-electron chi connectivity index (χ4n) is 4.83. The number of hydrogen-bond acceptors (Lipinski definition) is 3. The number of sulfone groups is 1. The Morgan fingerprint density at radius 2 is 2.00 bits per heavy atom. The fraction of sp³-hybridized carbons (Fsp3) is 0.667. The zero-order chi connectivity index (χ0) is 15.4. The van der Waals surface area contributed by atoms with Gasteiger partial charge in [0.05, 0.1) is 10.1 Å². The molecule has 22 heavy (non-hydrogen) atoms. The van der Waals surface area contributed by atoms with E-state index >= 15 is 0 Å². The van der Waals surface area contributed by atoms with Crippen LogP contribution >= 0.6 is 0 Å². The first-order chi connectivity index (χ1) is 10.5. The molecule has 120 valence electrons. The molecule has 4 heteroatoms. The molecule has 1 N–H and O–H groups in total. The number of benzene rings is 1. The zero-order valence-electron chi connectivity index (χ0n) is 13.3. The van der Waals surface area contributed by atoms with Crippen LogP contribution in [0.2, 0.25) is 0 Å². The second kappa shape index (κ2) is 5.07. The van der Waals surface area contributed by atoms with E-state index in [1.54, 1.807) is 0 Å². The Hall–Kier alpha value is -0.870. The summed E-state index contributed by atoms with van der Waals surface area (Å²) < 4.78 is 26.3. The maximum Gasteiger partial charge on any atom is 0.181 e. The Morgan fingerprint density at radius 1 is 1.18 bits per heavy atom. The van der Waals surface area contributed by atoms with Gasteiger partial charge in [0.1, 0.15) is 0 Å². The van der Waals surface area contributed by atoms with Crippen LogP contribution in [0.4, 0.5) is 0 Å². The normalized spacial score (nSPS) is 30.0. The van der Waals surface area contributed by atoms with Gasteiger partial charge in [0.2, 0.25) is 0 Å². The minimum atomic E-state index is -3.20. The topological polar surface area (TPSA) is 46.2 Å². The molecule has 2 fully saturated rings. The SMILES string of the molecule is CC1CC2(CCC2)CC1S(=O)(=O)c1ccc2c(c1)CNCC2. The molecule has 2 atom stereocenters. The molecule has 0 aromatic heterocycles. The summed E-state index contributed by atoms with van der Waals surface area (Å²) in [5.74, 6) is 0.291. The third kappa shape index (κ3) is 2.23. The molecule has 3 nitrogen and oxygen atoms in total. The van der Waals surface area contributed by atoms with Crippen LogP contribution in [0.1, 0.15) is 50.2 Å². The van der Waals surface area contributed by atoms with Crippen LogP contribution in [0.25, 0.3) is 0 Å². The summed E-state index contributed by atoms with van der Waals surface area (Å²) in [6, 6.07) is 5.80. The molecule has 0 bridgehead atoms. The average Bonchev–Trinajstić information content (AvgIpc) is 2.85. The van der Waals surface area contributed by atoms with Crippen molar-refractivity contribution in [3.63, 3.8) is 0 Å². The van der Waals surface area contributed by atoms with Crippen LogP contribution in [-0.4, -0.2) is 20.2 Å². The predicted octanol–water partition coefficient (Wildman–Crippen LogP) is 3.07. The largest absolute Gasteiger partial charge is 0.312 e. The fourth-order valence-corrected chi connectivity index (χ4v) is 7.03. The lowest BCUT2D eigenvalue weighted by molar-refractivity contribution is 0.138. The zero-order valence-corrected chi connectivity index (χ0v) is 14.1. The van der Waals surface area contributed by atoms with E-state index in [1.165, 1.54) is 24.8 Å². The summed E-state index contributed by atoms with van der Waals surface area (Å²) in [5, 5.41) is 3.16. The van der Waals surface area contributed by atoms with Gasteiger partial charge < -0.3 is 5.32 Å². The van der Waals surface area contributed by atoms with E-state index in [2.05, 4.69) is 12.2 Å². The highest BCUT2D eigenvalue weighted by Crippen LogP contribution is 2.57. The maximum absolute atomic E-state index is 13.1. The van der Waals surface area contributed by atoms with Crippen molar-refractivity contribution >= 4 is 9.84 Å². The van der Waals surface area contributed by atoms with Crippen molar-refractivity contribution in [2.45, 2.75) is 62.1 Å². The van der Waals surface area contributed by atoms with E-state index in [9.17, 15) is 8.42 Å². The molecule has 1 aliphatic heterocycles. The average molecular weight is 319 g/mol. The lowest BCUT2D eigenvalue weighted by Crippen LogP contribution is -2.29. The van der Waals surface area contributed by atoms with Crippen LogP contribution in [-0.2, 0) is 22.8 Å². The van der Waals surface area contributed by atoms with E-state index in [0.717, 1.165) is 37.9 Å². The summed E-state index contributed by atoms with van der Waals surface area (Å²) in [5.41, 5.74) is 2.82. The first kappa shape index (κ1) is 14.7. The molecule has 4 rings (SSSR count). The number of nitrogens with one attached hydrogen (secondary N) is 1. The molecule has 1 spiro atoms. The summed E-state index contributed by atoms with van der Waals surface area (Å²) in [6.45, 7) is 3.92. The molecular weight excluding hydrogens is 294 g/mol. The Balaban J connectivity index is 1.66. The summed E-state index contributed by atoms with van der Waals surface area (Å²) in [7, 11) is -3.20. The molecule has 2 unspecified atom stereocenters. The van der Waals surface area contributed by atoms with Crippen molar-refractivity contribution in [3.8, 4) is 0 Å². The van der Waals surface area contributed by atoms with Gasteiger partial charge in [-0.1, -0.05) is 19.4 Å². The highest BCUT2D eigenvalue weighted by Gasteiger charge is 2.51. The first-order valence-electron chi connectivity index (χ1n) is 8.57.